The van der Waals surface area contributed by atoms with E-state index in [1.807, 2.05) is 0 Å². The van der Waals surface area contributed by atoms with Crippen LogP contribution in [0.3, 0.4) is 0 Å². The minimum Gasteiger partial charge on any atom is -0.446 e. The predicted molar refractivity (Wildman–Crippen MR) is 74.0 cm³/mol. The highest BCUT2D eigenvalue weighted by atomic mass is 127. The number of carbonyl (C=O) groups is 1. The van der Waals surface area contributed by atoms with Gasteiger partial charge >= 0.3 is 0 Å². The van der Waals surface area contributed by atoms with Crippen molar-refractivity contribution in [3.8, 4) is 0 Å². The van der Waals surface area contributed by atoms with Gasteiger partial charge in [-0.2, -0.15) is 0 Å². The van der Waals surface area contributed by atoms with Gasteiger partial charge in [0, 0.05) is 9.13 Å². The van der Waals surface area contributed by atoms with Crippen LogP contribution in [-0.2, 0) is 0 Å². The van der Waals surface area contributed by atoms with E-state index in [0.29, 0.717) is 21.0 Å². The maximum atomic E-state index is 11.9. The van der Waals surface area contributed by atoms with Crippen LogP contribution < -0.4 is 0 Å². The Hall–Kier alpha value is -0.330. The third kappa shape index (κ3) is 2.49. The molecule has 0 aliphatic rings. The van der Waals surface area contributed by atoms with Crippen LogP contribution in [0.15, 0.2) is 39.4 Å². The van der Waals surface area contributed by atoms with E-state index in [1.54, 1.807) is 30.3 Å². The molecule has 0 saturated heterocycles. The first-order valence-corrected chi connectivity index (χ1v) is 6.58. The molecular weight excluding hydrogens is 406 g/mol. The van der Waals surface area contributed by atoms with Gasteiger partial charge in [0.1, 0.15) is 0 Å². The molecule has 5 heteroatoms. The standard InChI is InChI=1S/C11H5BrClIO2/c12-10-4-3-9(16-10)11(15)6-1-2-8(14)7(13)5-6/h1-5H. The van der Waals surface area contributed by atoms with Crippen molar-refractivity contribution < 1.29 is 9.21 Å². The third-order valence-corrected chi connectivity index (χ3v) is 3.98. The second-order valence-electron chi connectivity index (χ2n) is 3.06. The summed E-state index contributed by atoms with van der Waals surface area (Å²) >= 11 is 11.2. The fraction of sp³-hybridized carbons (Fsp3) is 0. The molecule has 1 heterocycles. The quantitative estimate of drug-likeness (QED) is 0.537. The molecule has 0 aliphatic carbocycles. The number of carbonyl (C=O) groups excluding carboxylic acids is 1. The van der Waals surface area contributed by atoms with Gasteiger partial charge < -0.3 is 4.42 Å². The summed E-state index contributed by atoms with van der Waals surface area (Å²) in [5.74, 6) is 0.119. The average Bonchev–Trinajstić information content (AvgIpc) is 2.68. The summed E-state index contributed by atoms with van der Waals surface area (Å²) < 4.78 is 6.64. The molecule has 0 radical (unpaired) electrons. The molecule has 16 heavy (non-hydrogen) atoms. The van der Waals surface area contributed by atoms with Gasteiger partial charge in [-0.25, -0.2) is 0 Å². The largest absolute Gasteiger partial charge is 0.446 e. The van der Waals surface area contributed by atoms with E-state index in [1.165, 1.54) is 0 Å². The predicted octanol–water partition coefficient (Wildman–Crippen LogP) is 4.53. The Bertz CT molecular complexity index is 551. The fourth-order valence-corrected chi connectivity index (χ4v) is 2.04. The van der Waals surface area contributed by atoms with Crippen LogP contribution in [0, 0.1) is 3.57 Å². The maximum absolute atomic E-state index is 11.9. The number of halogens is 3. The molecule has 0 fully saturated rings. The molecule has 2 aromatic rings. The Morgan fingerprint density at radius 2 is 2.06 bits per heavy atom. The van der Waals surface area contributed by atoms with Crippen LogP contribution in [0.25, 0.3) is 0 Å². The van der Waals surface area contributed by atoms with E-state index in [4.69, 9.17) is 16.0 Å². The second kappa shape index (κ2) is 4.89. The van der Waals surface area contributed by atoms with E-state index >= 15 is 0 Å². The second-order valence-corrected chi connectivity index (χ2v) is 5.41. The van der Waals surface area contributed by atoms with Crippen molar-refractivity contribution in [2.75, 3.05) is 0 Å². The molecule has 0 atom stereocenters. The first-order valence-electron chi connectivity index (χ1n) is 4.33. The summed E-state index contributed by atoms with van der Waals surface area (Å²) in [6.45, 7) is 0. The molecule has 1 aromatic heterocycles. The molecule has 82 valence electrons. The zero-order chi connectivity index (χ0) is 11.7. The van der Waals surface area contributed by atoms with Crippen molar-refractivity contribution in [2.45, 2.75) is 0 Å². The van der Waals surface area contributed by atoms with Crippen molar-refractivity contribution in [3.63, 3.8) is 0 Å². The van der Waals surface area contributed by atoms with E-state index in [2.05, 4.69) is 38.5 Å². The van der Waals surface area contributed by atoms with Gasteiger partial charge in [-0.05, 0) is 68.9 Å². The van der Waals surface area contributed by atoms with Crippen LogP contribution in [-0.4, -0.2) is 5.78 Å². The first kappa shape index (κ1) is 12.1. The van der Waals surface area contributed by atoms with Gasteiger partial charge in [0.25, 0.3) is 0 Å². The normalized spacial score (nSPS) is 10.4. The number of ketones is 1. The highest BCUT2D eigenvalue weighted by Crippen LogP contribution is 2.22. The Kier molecular flexibility index (Phi) is 3.71. The molecule has 2 nitrogen and oxygen atoms in total. The lowest BCUT2D eigenvalue weighted by Gasteiger charge is -2.00. The number of benzene rings is 1. The summed E-state index contributed by atoms with van der Waals surface area (Å²) in [7, 11) is 0. The van der Waals surface area contributed by atoms with E-state index in [0.717, 1.165) is 3.57 Å². The van der Waals surface area contributed by atoms with Crippen LogP contribution in [0.5, 0.6) is 0 Å². The minimum absolute atomic E-state index is 0.177. The lowest BCUT2D eigenvalue weighted by Crippen LogP contribution is -1.99. The number of furan rings is 1. The molecule has 1 aromatic carbocycles. The topological polar surface area (TPSA) is 30.2 Å². The van der Waals surface area contributed by atoms with Crippen molar-refractivity contribution >= 4 is 55.9 Å². The summed E-state index contributed by atoms with van der Waals surface area (Å²) in [4.78, 5) is 11.9. The zero-order valence-electron chi connectivity index (χ0n) is 7.84. The first-order chi connectivity index (χ1) is 7.58. The Labute approximate surface area is 119 Å². The highest BCUT2D eigenvalue weighted by molar-refractivity contribution is 14.1. The summed E-state index contributed by atoms with van der Waals surface area (Å²) in [6, 6.07) is 8.47. The third-order valence-electron chi connectivity index (χ3n) is 1.98. The summed E-state index contributed by atoms with van der Waals surface area (Å²) in [6.07, 6.45) is 0. The van der Waals surface area contributed by atoms with Crippen molar-refractivity contribution in [1.82, 2.24) is 0 Å². The minimum atomic E-state index is -0.177. The van der Waals surface area contributed by atoms with Crippen LogP contribution in [0.4, 0.5) is 0 Å². The number of hydrogen-bond donors (Lipinski definition) is 0. The van der Waals surface area contributed by atoms with Crippen molar-refractivity contribution in [1.29, 1.82) is 0 Å². The molecular formula is C11H5BrClIO2. The SMILES string of the molecule is O=C(c1ccc(I)c(Cl)c1)c1ccc(Br)o1. The van der Waals surface area contributed by atoms with Gasteiger partial charge in [0.15, 0.2) is 10.4 Å². The van der Waals surface area contributed by atoms with Gasteiger partial charge in [0.05, 0.1) is 5.02 Å². The lowest BCUT2D eigenvalue weighted by molar-refractivity contribution is 0.101. The Morgan fingerprint density at radius 1 is 1.31 bits per heavy atom. The van der Waals surface area contributed by atoms with Crippen LogP contribution in [0.1, 0.15) is 16.1 Å². The average molecular weight is 411 g/mol. The molecule has 0 bridgehead atoms. The van der Waals surface area contributed by atoms with Gasteiger partial charge in [0.2, 0.25) is 5.78 Å². The smallest absolute Gasteiger partial charge is 0.228 e. The lowest BCUT2D eigenvalue weighted by atomic mass is 10.1. The molecule has 2 rings (SSSR count). The van der Waals surface area contributed by atoms with Crippen molar-refractivity contribution in [3.05, 3.63) is 54.9 Å². The molecule has 0 amide bonds. The summed E-state index contributed by atoms with van der Waals surface area (Å²) in [5, 5.41) is 0.567. The summed E-state index contributed by atoms with van der Waals surface area (Å²) in [5.41, 5.74) is 0.521. The van der Waals surface area contributed by atoms with Gasteiger partial charge in [-0.1, -0.05) is 11.6 Å². The Morgan fingerprint density at radius 3 is 2.62 bits per heavy atom. The molecule has 0 aliphatic heterocycles. The van der Waals surface area contributed by atoms with E-state index < -0.39 is 0 Å². The Balaban J connectivity index is 2.38. The highest BCUT2D eigenvalue weighted by Gasteiger charge is 2.14. The molecule has 0 unspecified atom stereocenters. The van der Waals surface area contributed by atoms with E-state index in [-0.39, 0.29) is 5.78 Å². The van der Waals surface area contributed by atoms with Gasteiger partial charge in [-0.15, -0.1) is 0 Å². The fourth-order valence-electron chi connectivity index (χ4n) is 1.22. The van der Waals surface area contributed by atoms with Crippen LogP contribution >= 0.6 is 50.1 Å². The maximum Gasteiger partial charge on any atom is 0.228 e. The number of hydrogen-bond acceptors (Lipinski definition) is 2. The number of rotatable bonds is 2. The van der Waals surface area contributed by atoms with Crippen molar-refractivity contribution in [2.24, 2.45) is 0 Å². The molecule has 0 spiro atoms. The zero-order valence-corrected chi connectivity index (χ0v) is 12.3. The van der Waals surface area contributed by atoms with Crippen LogP contribution in [0.2, 0.25) is 5.02 Å². The van der Waals surface area contributed by atoms with Gasteiger partial charge in [-0.3, -0.25) is 4.79 Å². The molecule has 0 N–H and O–H groups in total. The van der Waals surface area contributed by atoms with E-state index in [9.17, 15) is 4.79 Å². The monoisotopic (exact) mass is 410 g/mol. The molecule has 0 saturated carbocycles.